The summed E-state index contributed by atoms with van der Waals surface area (Å²) in [5.41, 5.74) is 14.2. The number of phenolic OH excluding ortho intramolecular Hbond substituents is 1. The van der Waals surface area contributed by atoms with Crippen LogP contribution >= 0.6 is 0 Å². The predicted molar refractivity (Wildman–Crippen MR) is 224 cm³/mol. The number of fused-ring (bicyclic) bond motifs is 3. The van der Waals surface area contributed by atoms with E-state index in [1.54, 1.807) is 6.07 Å². The highest BCUT2D eigenvalue weighted by molar-refractivity contribution is 6.10. The molecule has 54 heavy (non-hydrogen) atoms. The van der Waals surface area contributed by atoms with Crippen LogP contribution in [0.5, 0.6) is 5.75 Å². The summed E-state index contributed by atoms with van der Waals surface area (Å²) in [6, 6.07) is 58.9. The molecular weight excluding hydrogens is 659 g/mol. The first-order chi connectivity index (χ1) is 26.3. The number of nitrogens with zero attached hydrogens (tertiary/aromatic N) is 3. The molecule has 9 aromatic rings. The van der Waals surface area contributed by atoms with Crippen LogP contribution in [0.25, 0.3) is 83.5 Å². The van der Waals surface area contributed by atoms with Gasteiger partial charge in [-0.1, -0.05) is 118 Å². The minimum absolute atomic E-state index is 0.00859. The zero-order valence-electron chi connectivity index (χ0n) is 30.5. The van der Waals surface area contributed by atoms with Gasteiger partial charge in [0.1, 0.15) is 5.75 Å². The van der Waals surface area contributed by atoms with E-state index in [0.29, 0.717) is 11.3 Å². The quantitative estimate of drug-likeness (QED) is 0.188. The molecule has 0 radical (unpaired) electrons. The average molecular weight is 698 g/mol. The Kier molecular flexibility index (Phi) is 8.16. The molecule has 0 spiro atoms. The summed E-state index contributed by atoms with van der Waals surface area (Å²) in [5.74, 6) is 0.193. The van der Waals surface area contributed by atoms with Crippen LogP contribution in [-0.2, 0) is 5.41 Å². The van der Waals surface area contributed by atoms with Gasteiger partial charge in [-0.25, -0.2) is 4.98 Å². The summed E-state index contributed by atoms with van der Waals surface area (Å²) in [5, 5.41) is 13.4. The fourth-order valence-electron chi connectivity index (χ4n) is 7.54. The Labute approximate surface area is 315 Å². The van der Waals surface area contributed by atoms with Gasteiger partial charge in [-0.3, -0.25) is 4.98 Å². The molecule has 4 nitrogen and oxygen atoms in total. The Morgan fingerprint density at radius 2 is 1.11 bits per heavy atom. The molecule has 0 aliphatic heterocycles. The van der Waals surface area contributed by atoms with Crippen LogP contribution in [0.15, 0.2) is 176 Å². The van der Waals surface area contributed by atoms with Crippen molar-refractivity contribution in [2.45, 2.75) is 26.2 Å². The number of benzene rings is 6. The van der Waals surface area contributed by atoms with Crippen molar-refractivity contribution in [3.8, 4) is 67.5 Å². The monoisotopic (exact) mass is 697 g/mol. The lowest BCUT2D eigenvalue weighted by Crippen LogP contribution is -2.11. The van der Waals surface area contributed by atoms with Crippen LogP contribution in [0.4, 0.5) is 0 Å². The van der Waals surface area contributed by atoms with Crippen molar-refractivity contribution in [3.63, 3.8) is 0 Å². The lowest BCUT2D eigenvalue weighted by atomic mass is 9.87. The second kappa shape index (κ2) is 13.3. The molecule has 3 aromatic heterocycles. The van der Waals surface area contributed by atoms with E-state index in [0.717, 1.165) is 50.5 Å². The summed E-state index contributed by atoms with van der Waals surface area (Å²) < 4.78 is 2.34. The summed E-state index contributed by atoms with van der Waals surface area (Å²) in [6.07, 6.45) is 1.89. The molecule has 0 aliphatic carbocycles. The average Bonchev–Trinajstić information content (AvgIpc) is 3.55. The number of rotatable bonds is 6. The highest BCUT2D eigenvalue weighted by atomic mass is 16.3. The summed E-state index contributed by atoms with van der Waals surface area (Å²) in [7, 11) is 0. The highest BCUT2D eigenvalue weighted by Gasteiger charge is 2.18. The molecule has 0 amide bonds. The molecule has 4 heteroatoms. The second-order valence-electron chi connectivity index (χ2n) is 14.9. The molecule has 260 valence electrons. The molecule has 3 heterocycles. The van der Waals surface area contributed by atoms with Crippen LogP contribution in [-0.4, -0.2) is 19.6 Å². The molecule has 1 N–H and O–H groups in total. The van der Waals surface area contributed by atoms with Crippen LogP contribution in [0.2, 0.25) is 0 Å². The maximum Gasteiger partial charge on any atom is 0.124 e. The van der Waals surface area contributed by atoms with Gasteiger partial charge in [-0.15, -0.1) is 0 Å². The van der Waals surface area contributed by atoms with E-state index in [1.165, 1.54) is 27.4 Å². The molecule has 6 aromatic carbocycles. The number of hydrogen-bond acceptors (Lipinski definition) is 3. The van der Waals surface area contributed by atoms with E-state index in [1.807, 2.05) is 24.4 Å². The number of phenols is 1. The van der Waals surface area contributed by atoms with Crippen molar-refractivity contribution >= 4 is 21.8 Å². The highest BCUT2D eigenvalue weighted by Crippen LogP contribution is 2.41. The van der Waals surface area contributed by atoms with Gasteiger partial charge >= 0.3 is 0 Å². The van der Waals surface area contributed by atoms with Gasteiger partial charge in [0.05, 0.1) is 28.1 Å². The molecule has 0 bridgehead atoms. The van der Waals surface area contributed by atoms with Crippen molar-refractivity contribution < 1.29 is 5.11 Å². The zero-order valence-corrected chi connectivity index (χ0v) is 30.5. The third-order valence-corrected chi connectivity index (χ3v) is 10.3. The van der Waals surface area contributed by atoms with E-state index in [-0.39, 0.29) is 11.2 Å². The molecule has 0 atom stereocenters. The maximum atomic E-state index is 11.0. The molecule has 9 rings (SSSR count). The van der Waals surface area contributed by atoms with Gasteiger partial charge in [0.15, 0.2) is 0 Å². The van der Waals surface area contributed by atoms with Gasteiger partial charge in [-0.2, -0.15) is 0 Å². The van der Waals surface area contributed by atoms with E-state index in [4.69, 9.17) is 9.97 Å². The first-order valence-electron chi connectivity index (χ1n) is 18.4. The van der Waals surface area contributed by atoms with Crippen molar-refractivity contribution in [3.05, 3.63) is 182 Å². The zero-order chi connectivity index (χ0) is 36.8. The summed E-state index contributed by atoms with van der Waals surface area (Å²) >= 11 is 0. The van der Waals surface area contributed by atoms with Gasteiger partial charge in [0.2, 0.25) is 0 Å². The first kappa shape index (κ1) is 33.1. The fourth-order valence-corrected chi connectivity index (χ4v) is 7.54. The lowest BCUT2D eigenvalue weighted by molar-refractivity contribution is 0.477. The normalized spacial score (nSPS) is 11.7. The van der Waals surface area contributed by atoms with Crippen molar-refractivity contribution in [1.29, 1.82) is 0 Å². The Morgan fingerprint density at radius 3 is 1.89 bits per heavy atom. The maximum absolute atomic E-state index is 11.0. The lowest BCUT2D eigenvalue weighted by Gasteiger charge is -2.19. The number of aromatic hydroxyl groups is 1. The molecule has 0 saturated heterocycles. The largest absolute Gasteiger partial charge is 0.507 e. The molecule has 0 fully saturated rings. The second-order valence-corrected chi connectivity index (χ2v) is 14.9. The van der Waals surface area contributed by atoms with Crippen LogP contribution in [0.3, 0.4) is 0 Å². The van der Waals surface area contributed by atoms with E-state index in [9.17, 15) is 5.11 Å². The van der Waals surface area contributed by atoms with Crippen molar-refractivity contribution in [2.75, 3.05) is 0 Å². The van der Waals surface area contributed by atoms with Gasteiger partial charge in [-0.05, 0) is 106 Å². The summed E-state index contributed by atoms with van der Waals surface area (Å²) in [6.45, 7) is 6.66. The Morgan fingerprint density at radius 1 is 0.463 bits per heavy atom. The Balaban J connectivity index is 1.21. The molecule has 0 aliphatic rings. The minimum Gasteiger partial charge on any atom is -0.507 e. The van der Waals surface area contributed by atoms with Crippen LogP contribution in [0.1, 0.15) is 26.3 Å². The standard InChI is InChI=1S/C50H39N3O/c1-50(2,3)37-26-27-51-44(32-37)34-14-13-15-35(28-34)45-30-36(31-46(52-45)42-21-10-12-23-49(42)54)40-19-8-7-18-39(40)33-24-25-48-43(29-33)41-20-9-11-22-47(41)53(48)38-16-5-4-6-17-38/h4-32,54H,1-3H3. The number of para-hydroxylation sites is 3. The Hall–Kier alpha value is -6.78. The molecular formula is C50H39N3O. The number of pyridine rings is 2. The third-order valence-electron chi connectivity index (χ3n) is 10.3. The third kappa shape index (κ3) is 6.02. The van der Waals surface area contributed by atoms with Crippen LogP contribution in [0, 0.1) is 0 Å². The number of aromatic nitrogens is 3. The van der Waals surface area contributed by atoms with E-state index in [2.05, 4.69) is 171 Å². The SMILES string of the molecule is CC(C)(C)c1ccnc(-c2cccc(-c3cc(-c4ccccc4-c4ccc5c(c4)c4ccccc4n5-c4ccccc4)cc(-c4ccccc4O)n3)c2)c1. The fraction of sp³-hybridized carbons (Fsp3) is 0.0800. The number of hydrogen-bond donors (Lipinski definition) is 1. The minimum atomic E-state index is 0.00859. The van der Waals surface area contributed by atoms with E-state index >= 15 is 0 Å². The molecule has 0 saturated carbocycles. The summed E-state index contributed by atoms with van der Waals surface area (Å²) in [4.78, 5) is 9.93. The molecule has 0 unspecified atom stereocenters. The predicted octanol–water partition coefficient (Wildman–Crippen LogP) is 12.9. The van der Waals surface area contributed by atoms with Gasteiger partial charge < -0.3 is 9.67 Å². The first-order valence-corrected chi connectivity index (χ1v) is 18.4. The van der Waals surface area contributed by atoms with Crippen LogP contribution < -0.4 is 0 Å². The van der Waals surface area contributed by atoms with Gasteiger partial charge in [0, 0.05) is 39.3 Å². The van der Waals surface area contributed by atoms with Crippen molar-refractivity contribution in [2.24, 2.45) is 0 Å². The van der Waals surface area contributed by atoms with E-state index < -0.39 is 0 Å². The Bertz CT molecular complexity index is 2830. The smallest absolute Gasteiger partial charge is 0.124 e. The van der Waals surface area contributed by atoms with Crippen molar-refractivity contribution in [1.82, 2.24) is 14.5 Å². The van der Waals surface area contributed by atoms with Gasteiger partial charge in [0.25, 0.3) is 0 Å². The topological polar surface area (TPSA) is 50.9 Å².